The third kappa shape index (κ3) is 9.40. The van der Waals surface area contributed by atoms with Gasteiger partial charge in [0.25, 0.3) is 0 Å². The van der Waals surface area contributed by atoms with Gasteiger partial charge in [0.1, 0.15) is 0 Å². The Morgan fingerprint density at radius 3 is 1.83 bits per heavy atom. The highest BCUT2D eigenvalue weighted by atomic mass is 31.0. The molecule has 0 aliphatic carbocycles. The molecule has 5 heteroatoms. The van der Waals surface area contributed by atoms with Crippen LogP contribution < -0.4 is 0 Å². The van der Waals surface area contributed by atoms with E-state index in [1.54, 1.807) is 0 Å². The third-order valence-corrected chi connectivity index (χ3v) is 0.0781. The molecule has 0 fully saturated rings. The van der Waals surface area contributed by atoms with Crippen molar-refractivity contribution in [2.24, 2.45) is 0 Å². The van der Waals surface area contributed by atoms with E-state index < -0.39 is 6.16 Å². The Morgan fingerprint density at radius 1 is 1.67 bits per heavy atom. The summed E-state index contributed by atoms with van der Waals surface area (Å²) in [6, 6.07) is 0. The molecule has 0 aromatic rings. The van der Waals surface area contributed by atoms with Gasteiger partial charge in [0, 0.05) is 0 Å². The predicted octanol–water partition coefficient (Wildman–Crippen LogP) is 0.212. The first-order valence-corrected chi connectivity index (χ1v) is 0.814. The van der Waals surface area contributed by atoms with Crippen LogP contribution in [0.3, 0.4) is 0 Å². The summed E-state index contributed by atoms with van der Waals surface area (Å²) in [6.45, 7) is 0. The summed E-state index contributed by atoms with van der Waals surface area (Å²) in [5, 5.41) is 14.3. The molecule has 0 heterocycles. The van der Waals surface area contributed by atoms with E-state index in [9.17, 15) is 0 Å². The average molecular weight is 112 g/mol. The van der Waals surface area contributed by atoms with E-state index in [1.165, 1.54) is 0 Å². The quantitative estimate of drug-likeness (QED) is 0.267. The van der Waals surface area contributed by atoms with Crippen LogP contribution in [0, 0.1) is 0 Å². The van der Waals surface area contributed by atoms with Crippen LogP contribution in [0.4, 0.5) is 4.79 Å². The topological polar surface area (TPSA) is 66.8 Å². The second-order valence-electron chi connectivity index (χ2n) is 0.357. The van der Waals surface area contributed by atoms with Gasteiger partial charge in [-0.05, 0) is 0 Å². The van der Waals surface area contributed by atoms with Crippen LogP contribution in [0.25, 0.3) is 0 Å². The fourth-order valence-corrected chi connectivity index (χ4v) is 0. The molecule has 2 N–H and O–H groups in total. The first-order chi connectivity index (χ1) is 2.27. The van der Waals surface area contributed by atoms with E-state index >= 15 is 0 Å². The molecule has 0 saturated heterocycles. The summed E-state index contributed by atoms with van der Waals surface area (Å²) >= 11 is 0. The van der Waals surface area contributed by atoms with E-state index in [-0.39, 0.29) is 9.90 Å². The van der Waals surface area contributed by atoms with Crippen molar-refractivity contribution in [2.45, 2.75) is 0 Å². The summed E-state index contributed by atoms with van der Waals surface area (Å²) in [7, 11) is 0. The Labute approximate surface area is 37.3 Å². The lowest BCUT2D eigenvalue weighted by molar-refractivity contribution is -0.194. The van der Waals surface area contributed by atoms with Gasteiger partial charge in [-0.2, -0.15) is 15.2 Å². The molecule has 4 nitrogen and oxygen atoms in total. The molecule has 38 valence electrons. The highest BCUT2D eigenvalue weighted by Crippen LogP contribution is 1.59. The summed E-state index contributed by atoms with van der Waals surface area (Å²) in [5.41, 5.74) is 0. The highest BCUT2D eigenvalue weighted by molar-refractivity contribution is 6.92. The smallest absolute Gasteiger partial charge is 0.448 e. The monoisotopic (exact) mass is 112 g/mol. The summed E-state index contributed by atoms with van der Waals surface area (Å²) in [4.78, 5) is 11.6. The molecule has 1 atom stereocenters. The molecule has 1 unspecified atom stereocenters. The second-order valence-corrected chi connectivity index (χ2v) is 0.357. The molecule has 0 radical (unpaired) electrons. The average Bonchev–Trinajstić information content (AvgIpc) is 1.38. The normalized spacial score (nSPS) is 5.50. The standard InChI is InChI=1S/CH2O4.H3P/c2-1(3)5-4;/h4H,(H,2,3);1H3. The van der Waals surface area contributed by atoms with Crippen molar-refractivity contribution in [3.8, 4) is 0 Å². The Hall–Kier alpha value is -0.340. The fourth-order valence-electron chi connectivity index (χ4n) is 0. The highest BCUT2D eigenvalue weighted by Gasteiger charge is 1.84. The maximum Gasteiger partial charge on any atom is 0.537 e. The van der Waals surface area contributed by atoms with Crippen LogP contribution in [0.15, 0.2) is 0 Å². The van der Waals surface area contributed by atoms with E-state index in [1.807, 2.05) is 0 Å². The molecule has 0 aliphatic heterocycles. The molecule has 0 aromatic carbocycles. The van der Waals surface area contributed by atoms with Crippen molar-refractivity contribution in [3.05, 3.63) is 0 Å². The van der Waals surface area contributed by atoms with Gasteiger partial charge in [0.05, 0.1) is 0 Å². The number of rotatable bonds is 0. The number of carbonyl (C=O) groups is 1. The molecular weight excluding hydrogens is 107 g/mol. The number of carboxylic acid groups (broad SMARTS) is 1. The third-order valence-electron chi connectivity index (χ3n) is 0.0781. The lowest BCUT2D eigenvalue weighted by Crippen LogP contribution is -1.91. The van der Waals surface area contributed by atoms with Crippen molar-refractivity contribution in [1.29, 1.82) is 0 Å². The lowest BCUT2D eigenvalue weighted by atomic mass is 11.5. The minimum absolute atomic E-state index is 0. The van der Waals surface area contributed by atoms with Crippen LogP contribution in [0.5, 0.6) is 0 Å². The minimum atomic E-state index is -1.69. The molecule has 0 spiro atoms. The van der Waals surface area contributed by atoms with E-state index in [0.29, 0.717) is 0 Å². The van der Waals surface area contributed by atoms with Crippen LogP contribution in [-0.4, -0.2) is 16.5 Å². The summed E-state index contributed by atoms with van der Waals surface area (Å²) < 4.78 is 0. The van der Waals surface area contributed by atoms with E-state index in [0.717, 1.165) is 0 Å². The Morgan fingerprint density at radius 2 is 1.83 bits per heavy atom. The lowest BCUT2D eigenvalue weighted by Gasteiger charge is -1.75. The van der Waals surface area contributed by atoms with E-state index in [4.69, 9.17) is 15.2 Å². The summed E-state index contributed by atoms with van der Waals surface area (Å²) in [5.74, 6) is 0. The van der Waals surface area contributed by atoms with Crippen molar-refractivity contribution in [1.82, 2.24) is 0 Å². The van der Waals surface area contributed by atoms with Crippen LogP contribution in [0.2, 0.25) is 0 Å². The van der Waals surface area contributed by atoms with Crippen molar-refractivity contribution >= 4 is 16.1 Å². The molecule has 0 aliphatic rings. The van der Waals surface area contributed by atoms with Crippen LogP contribution in [-0.2, 0) is 4.89 Å². The predicted molar refractivity (Wildman–Crippen MR) is 22.8 cm³/mol. The Balaban J connectivity index is 0. The zero-order chi connectivity index (χ0) is 4.28. The zero-order valence-corrected chi connectivity index (χ0v) is 4.33. The van der Waals surface area contributed by atoms with Crippen LogP contribution >= 0.6 is 9.90 Å². The van der Waals surface area contributed by atoms with Gasteiger partial charge in [-0.25, -0.2) is 4.79 Å². The summed E-state index contributed by atoms with van der Waals surface area (Å²) in [6.07, 6.45) is -1.69. The van der Waals surface area contributed by atoms with Gasteiger partial charge < -0.3 is 5.11 Å². The second kappa shape index (κ2) is 4.66. The van der Waals surface area contributed by atoms with Gasteiger partial charge in [0.2, 0.25) is 0 Å². The maximum absolute atomic E-state index is 8.90. The Kier molecular flexibility index (Phi) is 7.13. The van der Waals surface area contributed by atoms with Crippen molar-refractivity contribution in [3.63, 3.8) is 0 Å². The molecule has 0 saturated carbocycles. The van der Waals surface area contributed by atoms with Crippen molar-refractivity contribution < 1.29 is 20.0 Å². The molecule has 0 rings (SSSR count). The number of hydrogen-bond acceptors (Lipinski definition) is 3. The molecule has 0 aromatic heterocycles. The van der Waals surface area contributed by atoms with E-state index in [2.05, 4.69) is 4.89 Å². The molecular formula is CH5O4P. The maximum atomic E-state index is 8.90. The van der Waals surface area contributed by atoms with Crippen molar-refractivity contribution in [2.75, 3.05) is 0 Å². The van der Waals surface area contributed by atoms with Gasteiger partial charge in [0.15, 0.2) is 0 Å². The van der Waals surface area contributed by atoms with Gasteiger partial charge >= 0.3 is 6.16 Å². The SMILES string of the molecule is O=C(O)OO.P. The molecule has 0 bridgehead atoms. The Bertz CT molecular complexity index is 42.8. The first-order valence-electron chi connectivity index (χ1n) is 0.814. The van der Waals surface area contributed by atoms with Crippen LogP contribution in [0.1, 0.15) is 0 Å². The molecule has 6 heavy (non-hydrogen) atoms. The molecule has 0 amide bonds. The van der Waals surface area contributed by atoms with Gasteiger partial charge in [-0.3, -0.25) is 4.89 Å². The first kappa shape index (κ1) is 9.18. The minimum Gasteiger partial charge on any atom is -0.448 e. The number of hydrogen-bond donors (Lipinski definition) is 2. The fraction of sp³-hybridized carbons (Fsp3) is 0. The zero-order valence-electron chi connectivity index (χ0n) is 2.92. The largest absolute Gasteiger partial charge is 0.537 e. The van der Waals surface area contributed by atoms with Gasteiger partial charge in [-0.1, -0.05) is 0 Å². The van der Waals surface area contributed by atoms with Gasteiger partial charge in [-0.15, -0.1) is 0 Å².